The van der Waals surface area contributed by atoms with E-state index in [0.29, 0.717) is 0 Å². The fourth-order valence-corrected chi connectivity index (χ4v) is 8.59. The lowest BCUT2D eigenvalue weighted by Gasteiger charge is -2.28. The van der Waals surface area contributed by atoms with E-state index in [1.54, 1.807) is 0 Å². The summed E-state index contributed by atoms with van der Waals surface area (Å²) in [6, 6.07) is 69.0. The SMILES string of the molecule is CC1(C)c2cc(-c3ccc4c5ccccc5c5ccccc5c4c3)ccc2-c2ccc(N(c3ccccc3)c3ccc(-c4ccccc4)cc3)cc21. The molecule has 0 N–H and O–H groups in total. The number of rotatable bonds is 5. The van der Waals surface area contributed by atoms with Crippen molar-refractivity contribution in [2.24, 2.45) is 0 Å². The predicted octanol–water partition coefficient (Wildman–Crippen LogP) is 14.3. The predicted molar refractivity (Wildman–Crippen MR) is 222 cm³/mol. The highest BCUT2D eigenvalue weighted by atomic mass is 15.1. The van der Waals surface area contributed by atoms with Crippen LogP contribution in [0.1, 0.15) is 25.0 Å². The first-order chi connectivity index (χ1) is 25.5. The Morgan fingerprint density at radius 1 is 0.308 bits per heavy atom. The van der Waals surface area contributed by atoms with E-state index in [2.05, 4.69) is 207 Å². The number of hydrogen-bond acceptors (Lipinski definition) is 1. The Morgan fingerprint density at radius 3 is 1.38 bits per heavy atom. The van der Waals surface area contributed by atoms with Gasteiger partial charge in [-0.3, -0.25) is 0 Å². The molecular formula is C51H37N. The third-order valence-corrected chi connectivity index (χ3v) is 11.2. The Bertz CT molecular complexity index is 2760. The highest BCUT2D eigenvalue weighted by Crippen LogP contribution is 2.52. The molecule has 10 rings (SSSR count). The fraction of sp³-hybridized carbons (Fsp3) is 0.0588. The third-order valence-electron chi connectivity index (χ3n) is 11.2. The number of nitrogens with zero attached hydrogens (tertiary/aromatic N) is 1. The molecule has 1 heteroatoms. The van der Waals surface area contributed by atoms with Gasteiger partial charge in [0, 0.05) is 22.5 Å². The van der Waals surface area contributed by atoms with Crippen LogP contribution >= 0.6 is 0 Å². The van der Waals surface area contributed by atoms with Crippen molar-refractivity contribution < 1.29 is 0 Å². The summed E-state index contributed by atoms with van der Waals surface area (Å²) in [6.45, 7) is 4.76. The fourth-order valence-electron chi connectivity index (χ4n) is 8.59. The van der Waals surface area contributed by atoms with Gasteiger partial charge in [-0.05, 0) is 125 Å². The minimum absolute atomic E-state index is 0.171. The molecule has 52 heavy (non-hydrogen) atoms. The van der Waals surface area contributed by atoms with Crippen molar-refractivity contribution in [3.8, 4) is 33.4 Å². The van der Waals surface area contributed by atoms with Crippen LogP contribution in [-0.4, -0.2) is 0 Å². The van der Waals surface area contributed by atoms with Gasteiger partial charge >= 0.3 is 0 Å². The zero-order chi connectivity index (χ0) is 34.8. The Kier molecular flexibility index (Phi) is 6.91. The molecule has 0 spiro atoms. The maximum absolute atomic E-state index is 2.44. The average molecular weight is 664 g/mol. The molecule has 0 atom stereocenters. The van der Waals surface area contributed by atoms with Crippen LogP contribution in [0.2, 0.25) is 0 Å². The van der Waals surface area contributed by atoms with Gasteiger partial charge in [0.1, 0.15) is 0 Å². The molecular weight excluding hydrogens is 627 g/mol. The van der Waals surface area contributed by atoms with Gasteiger partial charge in [-0.2, -0.15) is 0 Å². The summed E-state index contributed by atoms with van der Waals surface area (Å²) in [7, 11) is 0. The number of fused-ring (bicyclic) bond motifs is 9. The molecule has 0 bridgehead atoms. The summed E-state index contributed by atoms with van der Waals surface area (Å²) in [5.41, 5.74) is 13.6. The maximum Gasteiger partial charge on any atom is 0.0465 e. The lowest BCUT2D eigenvalue weighted by Crippen LogP contribution is -2.16. The number of para-hydroxylation sites is 1. The second kappa shape index (κ2) is 11.8. The highest BCUT2D eigenvalue weighted by Gasteiger charge is 2.36. The zero-order valence-corrected chi connectivity index (χ0v) is 29.3. The van der Waals surface area contributed by atoms with Crippen LogP contribution in [0.3, 0.4) is 0 Å². The topological polar surface area (TPSA) is 3.24 Å². The molecule has 0 unspecified atom stereocenters. The Balaban J connectivity index is 1.06. The minimum atomic E-state index is -0.171. The normalized spacial score (nSPS) is 13.0. The average Bonchev–Trinajstić information content (AvgIpc) is 3.43. The quantitative estimate of drug-likeness (QED) is 0.166. The molecule has 0 saturated carbocycles. The van der Waals surface area contributed by atoms with Crippen molar-refractivity contribution in [3.63, 3.8) is 0 Å². The van der Waals surface area contributed by atoms with Crippen molar-refractivity contribution >= 4 is 49.4 Å². The van der Waals surface area contributed by atoms with Crippen molar-refractivity contribution in [3.05, 3.63) is 199 Å². The van der Waals surface area contributed by atoms with Crippen LogP contribution in [0.15, 0.2) is 188 Å². The lowest BCUT2D eigenvalue weighted by molar-refractivity contribution is 0.660. The van der Waals surface area contributed by atoms with Gasteiger partial charge in [-0.1, -0.05) is 153 Å². The second-order valence-electron chi connectivity index (χ2n) is 14.6. The van der Waals surface area contributed by atoms with Crippen LogP contribution < -0.4 is 4.90 Å². The Morgan fingerprint density at radius 2 is 0.731 bits per heavy atom. The maximum atomic E-state index is 2.44. The van der Waals surface area contributed by atoms with Crippen LogP contribution in [0, 0.1) is 0 Å². The summed E-state index contributed by atoms with van der Waals surface area (Å²) in [5.74, 6) is 0. The van der Waals surface area contributed by atoms with E-state index in [9.17, 15) is 0 Å². The third kappa shape index (κ3) is 4.77. The number of hydrogen-bond donors (Lipinski definition) is 0. The molecule has 0 fully saturated rings. The molecule has 0 saturated heterocycles. The molecule has 1 aliphatic rings. The molecule has 0 aliphatic heterocycles. The first-order valence-corrected chi connectivity index (χ1v) is 18.2. The highest BCUT2D eigenvalue weighted by molar-refractivity contribution is 6.25. The van der Waals surface area contributed by atoms with Gasteiger partial charge in [0.05, 0.1) is 0 Å². The zero-order valence-electron chi connectivity index (χ0n) is 29.3. The molecule has 9 aromatic carbocycles. The first kappa shape index (κ1) is 30.4. The van der Waals surface area contributed by atoms with E-state index in [4.69, 9.17) is 0 Å². The van der Waals surface area contributed by atoms with Crippen molar-refractivity contribution in [1.82, 2.24) is 0 Å². The first-order valence-electron chi connectivity index (χ1n) is 18.2. The van der Waals surface area contributed by atoms with Crippen molar-refractivity contribution in [2.45, 2.75) is 19.3 Å². The summed E-state index contributed by atoms with van der Waals surface area (Å²) in [6.07, 6.45) is 0. The lowest BCUT2D eigenvalue weighted by atomic mass is 9.81. The Labute approximate surface area is 305 Å². The standard InChI is InChI=1S/C51H37N/c1-51(2)49-32-37(36-23-28-45-43-19-10-9-17-41(43)42-18-11-12-20-44(42)48(45)31-36)24-29-46(49)47-30-27-40(33-50(47)51)52(38-15-7-4-8-16-38)39-25-21-35(22-26-39)34-13-5-3-6-14-34/h3-33H,1-2H3. The number of anilines is 3. The molecule has 9 aromatic rings. The van der Waals surface area contributed by atoms with E-state index >= 15 is 0 Å². The number of benzene rings is 9. The monoisotopic (exact) mass is 663 g/mol. The van der Waals surface area contributed by atoms with E-state index in [1.807, 2.05) is 0 Å². The smallest absolute Gasteiger partial charge is 0.0465 e. The molecule has 1 nitrogen and oxygen atoms in total. The van der Waals surface area contributed by atoms with E-state index in [0.717, 1.165) is 17.1 Å². The van der Waals surface area contributed by atoms with E-state index in [1.165, 1.54) is 76.8 Å². The molecule has 0 heterocycles. The molecule has 0 amide bonds. The van der Waals surface area contributed by atoms with Gasteiger partial charge < -0.3 is 4.90 Å². The van der Waals surface area contributed by atoms with E-state index in [-0.39, 0.29) is 5.41 Å². The van der Waals surface area contributed by atoms with Gasteiger partial charge in [0.15, 0.2) is 0 Å². The summed E-state index contributed by atoms with van der Waals surface area (Å²) >= 11 is 0. The van der Waals surface area contributed by atoms with Crippen LogP contribution in [-0.2, 0) is 5.41 Å². The van der Waals surface area contributed by atoms with Crippen molar-refractivity contribution in [2.75, 3.05) is 4.90 Å². The van der Waals surface area contributed by atoms with Gasteiger partial charge in [-0.25, -0.2) is 0 Å². The van der Waals surface area contributed by atoms with Crippen LogP contribution in [0.4, 0.5) is 17.1 Å². The van der Waals surface area contributed by atoms with E-state index < -0.39 is 0 Å². The molecule has 0 aromatic heterocycles. The molecule has 246 valence electrons. The van der Waals surface area contributed by atoms with Crippen LogP contribution in [0.5, 0.6) is 0 Å². The summed E-state index contributed by atoms with van der Waals surface area (Å²) in [5, 5.41) is 7.83. The molecule has 1 aliphatic carbocycles. The summed E-state index contributed by atoms with van der Waals surface area (Å²) < 4.78 is 0. The van der Waals surface area contributed by atoms with Gasteiger partial charge in [0.2, 0.25) is 0 Å². The minimum Gasteiger partial charge on any atom is -0.310 e. The molecule has 0 radical (unpaired) electrons. The van der Waals surface area contributed by atoms with Gasteiger partial charge in [-0.15, -0.1) is 0 Å². The second-order valence-corrected chi connectivity index (χ2v) is 14.6. The van der Waals surface area contributed by atoms with Crippen molar-refractivity contribution in [1.29, 1.82) is 0 Å². The van der Waals surface area contributed by atoms with Gasteiger partial charge in [0.25, 0.3) is 0 Å². The Hall–Kier alpha value is -6.44. The summed E-state index contributed by atoms with van der Waals surface area (Å²) in [4.78, 5) is 2.38. The largest absolute Gasteiger partial charge is 0.310 e. The van der Waals surface area contributed by atoms with Crippen LogP contribution in [0.25, 0.3) is 65.7 Å².